The third-order valence-electron chi connectivity index (χ3n) is 11.3. The molecule has 268 valence electrons. The summed E-state index contributed by atoms with van der Waals surface area (Å²) in [5.41, 5.74) is 1.49. The Hall–Kier alpha value is -2.96. The number of aliphatic hydroxyl groups is 2. The summed E-state index contributed by atoms with van der Waals surface area (Å²) in [6.07, 6.45) is 6.40. The third kappa shape index (κ3) is 7.34. The smallest absolute Gasteiger partial charge is 0.252 e. The fourth-order valence-electron chi connectivity index (χ4n) is 8.23. The second kappa shape index (κ2) is 14.8. The Kier molecular flexibility index (Phi) is 10.6. The molecule has 8 rings (SSSR count). The first kappa shape index (κ1) is 36.4. The standard InChI is InChI=1S/C41H45NO5S4/c1-28-8-5-19-40(2)35(17-20-41(40,45)27-42(21-18-32-10-6-22-48-32)51(46,47)38-12-7-23-49-38)33-16-14-29(24-31(43)15-13-28)25-34(33)39(44)37-26-30-9-3-4-11-36(30)50-37/h3-4,6-12,14,16,22-23,25-26,31,35,43,45H,5,13,15,17-21,24,27H2,1-2H3. The van der Waals surface area contributed by atoms with Gasteiger partial charge in [0.15, 0.2) is 0 Å². The molecule has 0 aliphatic heterocycles. The van der Waals surface area contributed by atoms with Crippen LogP contribution < -0.4 is 0 Å². The van der Waals surface area contributed by atoms with E-state index in [1.165, 1.54) is 32.6 Å². The van der Waals surface area contributed by atoms with Crippen LogP contribution in [-0.4, -0.2) is 53.5 Å². The van der Waals surface area contributed by atoms with Gasteiger partial charge in [-0.1, -0.05) is 61.0 Å². The molecule has 1 saturated carbocycles. The first-order valence-corrected chi connectivity index (χ1v) is 21.8. The van der Waals surface area contributed by atoms with Gasteiger partial charge in [-0.25, -0.2) is 8.42 Å². The van der Waals surface area contributed by atoms with Crippen LogP contribution in [0.3, 0.4) is 0 Å². The van der Waals surface area contributed by atoms with Crippen molar-refractivity contribution in [2.45, 2.75) is 87.0 Å². The van der Waals surface area contributed by atoms with E-state index in [9.17, 15) is 23.4 Å². The normalized spacial score (nSPS) is 24.5. The summed E-state index contributed by atoms with van der Waals surface area (Å²) in [6, 6.07) is 23.4. The number of nitrogens with zero attached hydrogens (tertiary/aromatic N) is 1. The van der Waals surface area contributed by atoms with Crippen LogP contribution in [0.25, 0.3) is 10.1 Å². The van der Waals surface area contributed by atoms with Gasteiger partial charge in [0.2, 0.25) is 5.78 Å². The minimum absolute atomic E-state index is 0.0296. The molecule has 3 heterocycles. The molecule has 0 radical (unpaired) electrons. The van der Waals surface area contributed by atoms with Crippen LogP contribution in [-0.2, 0) is 22.9 Å². The molecule has 3 aromatic heterocycles. The lowest BCUT2D eigenvalue weighted by Crippen LogP contribution is -2.54. The average Bonchev–Trinajstić information content (AvgIpc) is 3.94. The number of carbonyl (C=O) groups is 1. The molecule has 4 unspecified atom stereocenters. The molecule has 51 heavy (non-hydrogen) atoms. The minimum Gasteiger partial charge on any atom is -0.393 e. The molecule has 2 N–H and O–H groups in total. The summed E-state index contributed by atoms with van der Waals surface area (Å²) in [5, 5.41) is 28.8. The topological polar surface area (TPSA) is 94.9 Å². The van der Waals surface area contributed by atoms with E-state index in [4.69, 9.17) is 0 Å². The molecule has 0 spiro atoms. The van der Waals surface area contributed by atoms with Crippen molar-refractivity contribution in [3.63, 3.8) is 0 Å². The SMILES string of the molecule is CC1=CCCC2(C)C(CCC2(O)CN(CCc2cccs2)S(=O)(=O)c2cccs2)c2ccc(cc2C(=O)c2cc3ccccc3s2)CC(O)CC1. The Labute approximate surface area is 313 Å². The molecule has 3 aliphatic carbocycles. The first-order valence-electron chi connectivity index (χ1n) is 17.8. The number of aliphatic hydroxyl groups excluding tert-OH is 1. The fraction of sp³-hybridized carbons (Fsp3) is 0.390. The Morgan fingerprint density at radius 2 is 1.78 bits per heavy atom. The van der Waals surface area contributed by atoms with Gasteiger partial charge in [-0.05, 0) is 122 Å². The van der Waals surface area contributed by atoms with Crippen LogP contribution in [0.15, 0.2) is 99.4 Å². The van der Waals surface area contributed by atoms with E-state index in [2.05, 4.69) is 19.9 Å². The zero-order valence-electron chi connectivity index (χ0n) is 29.1. The monoisotopic (exact) mass is 759 g/mol. The van der Waals surface area contributed by atoms with E-state index in [-0.39, 0.29) is 29.0 Å². The van der Waals surface area contributed by atoms with Crippen molar-refractivity contribution in [1.29, 1.82) is 0 Å². The van der Waals surface area contributed by atoms with Gasteiger partial charge in [0.25, 0.3) is 10.0 Å². The van der Waals surface area contributed by atoms with E-state index in [1.54, 1.807) is 28.8 Å². The molecule has 2 bridgehead atoms. The lowest BCUT2D eigenvalue weighted by Gasteiger charge is -2.46. The van der Waals surface area contributed by atoms with Crippen LogP contribution >= 0.6 is 34.0 Å². The molecule has 0 saturated heterocycles. The second-order valence-electron chi connectivity index (χ2n) is 14.5. The van der Waals surface area contributed by atoms with Crippen molar-refractivity contribution in [2.24, 2.45) is 5.41 Å². The molecule has 3 aliphatic rings. The number of benzene rings is 2. The molecule has 6 nitrogen and oxygen atoms in total. The molecule has 4 atom stereocenters. The summed E-state index contributed by atoms with van der Waals surface area (Å²) in [6.45, 7) is 4.43. The summed E-state index contributed by atoms with van der Waals surface area (Å²) in [4.78, 5) is 16.3. The van der Waals surface area contributed by atoms with Gasteiger partial charge in [-0.15, -0.1) is 34.0 Å². The summed E-state index contributed by atoms with van der Waals surface area (Å²) < 4.78 is 31.3. The van der Waals surface area contributed by atoms with Crippen molar-refractivity contribution in [3.8, 4) is 0 Å². The van der Waals surface area contributed by atoms with Gasteiger partial charge in [-0.2, -0.15) is 4.31 Å². The summed E-state index contributed by atoms with van der Waals surface area (Å²) in [5.74, 6) is -0.254. The van der Waals surface area contributed by atoms with Crippen molar-refractivity contribution in [3.05, 3.63) is 122 Å². The molecule has 2 aromatic carbocycles. The van der Waals surface area contributed by atoms with Gasteiger partial charge in [-0.3, -0.25) is 4.79 Å². The maximum atomic E-state index is 14.6. The first-order chi connectivity index (χ1) is 24.5. The van der Waals surface area contributed by atoms with Crippen LogP contribution in [0.1, 0.15) is 89.5 Å². The number of fused-ring (bicyclic) bond motifs is 9. The Morgan fingerprint density at radius 1 is 0.980 bits per heavy atom. The Morgan fingerprint density at radius 3 is 2.55 bits per heavy atom. The molecule has 5 aromatic rings. The lowest BCUT2D eigenvalue weighted by molar-refractivity contribution is -0.0722. The minimum atomic E-state index is -3.88. The van der Waals surface area contributed by atoms with E-state index >= 15 is 0 Å². The van der Waals surface area contributed by atoms with Crippen molar-refractivity contribution in [1.82, 2.24) is 4.31 Å². The molecule has 1 fully saturated rings. The van der Waals surface area contributed by atoms with Crippen LogP contribution in [0.2, 0.25) is 0 Å². The van der Waals surface area contributed by atoms with Gasteiger partial charge in [0.05, 0.1) is 16.6 Å². The highest BCUT2D eigenvalue weighted by molar-refractivity contribution is 7.91. The number of allylic oxidation sites excluding steroid dienone is 2. The quantitative estimate of drug-likeness (QED) is 0.116. The highest BCUT2D eigenvalue weighted by Crippen LogP contribution is 2.59. The number of carbonyl (C=O) groups excluding carboxylic acids is 1. The lowest BCUT2D eigenvalue weighted by atomic mass is 9.65. The highest BCUT2D eigenvalue weighted by Gasteiger charge is 2.58. The predicted octanol–water partition coefficient (Wildman–Crippen LogP) is 9.23. The number of hydrogen-bond donors (Lipinski definition) is 2. The van der Waals surface area contributed by atoms with Gasteiger partial charge < -0.3 is 10.2 Å². The Bertz CT molecular complexity index is 2100. The van der Waals surface area contributed by atoms with Gasteiger partial charge in [0, 0.05) is 33.6 Å². The third-order valence-corrected chi connectivity index (χ3v) is 16.5. The van der Waals surface area contributed by atoms with Crippen LogP contribution in [0, 0.1) is 5.41 Å². The zero-order valence-corrected chi connectivity index (χ0v) is 32.4. The van der Waals surface area contributed by atoms with E-state index in [0.717, 1.165) is 32.5 Å². The van der Waals surface area contributed by atoms with Gasteiger partial charge in [0.1, 0.15) is 4.21 Å². The molecule has 0 amide bonds. The number of sulfonamides is 1. The largest absolute Gasteiger partial charge is 0.393 e. The fourth-order valence-corrected chi connectivity index (χ4v) is 12.6. The van der Waals surface area contributed by atoms with Gasteiger partial charge >= 0.3 is 0 Å². The number of ketones is 1. The molecule has 10 heteroatoms. The maximum Gasteiger partial charge on any atom is 0.252 e. The van der Waals surface area contributed by atoms with Crippen molar-refractivity contribution < 1.29 is 23.4 Å². The van der Waals surface area contributed by atoms with Crippen LogP contribution in [0.4, 0.5) is 0 Å². The summed E-state index contributed by atoms with van der Waals surface area (Å²) in [7, 11) is -3.88. The summed E-state index contributed by atoms with van der Waals surface area (Å²) >= 11 is 4.29. The maximum absolute atomic E-state index is 14.6. The van der Waals surface area contributed by atoms with E-state index in [1.807, 2.05) is 66.0 Å². The molecular weight excluding hydrogens is 715 g/mol. The Balaban J connectivity index is 1.31. The number of hydrogen-bond acceptors (Lipinski definition) is 8. The van der Waals surface area contributed by atoms with Crippen molar-refractivity contribution in [2.75, 3.05) is 13.1 Å². The predicted molar refractivity (Wildman–Crippen MR) is 210 cm³/mol. The number of rotatable bonds is 9. The number of thiophene rings is 3. The van der Waals surface area contributed by atoms with Crippen molar-refractivity contribution >= 4 is 59.9 Å². The second-order valence-corrected chi connectivity index (χ2v) is 19.8. The zero-order chi connectivity index (χ0) is 35.8. The van der Waals surface area contributed by atoms with E-state index < -0.39 is 27.1 Å². The molecular formula is C41H45NO5S4. The average molecular weight is 760 g/mol. The van der Waals surface area contributed by atoms with E-state index in [0.29, 0.717) is 55.4 Å². The van der Waals surface area contributed by atoms with Crippen LogP contribution in [0.5, 0.6) is 0 Å². The highest BCUT2D eigenvalue weighted by atomic mass is 32.2.